The van der Waals surface area contributed by atoms with E-state index in [1.165, 1.54) is 11.1 Å². The Balaban J connectivity index is 0.00000450. The van der Waals surface area contributed by atoms with E-state index in [1.807, 2.05) is 23.6 Å². The maximum Gasteiger partial charge on any atom is 0.250 e. The lowest BCUT2D eigenvalue weighted by molar-refractivity contribution is 0.409. The van der Waals surface area contributed by atoms with Gasteiger partial charge in [0.1, 0.15) is 5.75 Å². The third kappa shape index (κ3) is 8.38. The fourth-order valence-electron chi connectivity index (χ4n) is 3.24. The molecule has 0 fully saturated rings. The van der Waals surface area contributed by atoms with Crippen LogP contribution in [0.3, 0.4) is 0 Å². The number of aryl methyl sites for hydroxylation is 2. The van der Waals surface area contributed by atoms with Gasteiger partial charge in [-0.1, -0.05) is 23.8 Å². The van der Waals surface area contributed by atoms with Crippen molar-refractivity contribution < 1.29 is 4.74 Å². The van der Waals surface area contributed by atoms with Gasteiger partial charge >= 0.3 is 0 Å². The number of benzene rings is 1. The predicted molar refractivity (Wildman–Crippen MR) is 136 cm³/mol. The number of guanidine groups is 1. The lowest BCUT2D eigenvalue weighted by Crippen LogP contribution is -2.38. The van der Waals surface area contributed by atoms with Crippen molar-refractivity contribution in [3.05, 3.63) is 63.6 Å². The van der Waals surface area contributed by atoms with Crippen molar-refractivity contribution in [1.29, 1.82) is 0 Å². The highest BCUT2D eigenvalue weighted by atomic mass is 127. The minimum Gasteiger partial charge on any atom is -0.496 e. The summed E-state index contributed by atoms with van der Waals surface area (Å²) in [5.74, 6) is 1.75. The fraction of sp³-hybridized carbons (Fsp3) is 0.478. The van der Waals surface area contributed by atoms with Crippen molar-refractivity contribution in [2.24, 2.45) is 4.99 Å². The molecule has 0 aliphatic heterocycles. The van der Waals surface area contributed by atoms with Crippen LogP contribution < -0.4 is 20.9 Å². The molecule has 1 heterocycles. The predicted octanol–water partition coefficient (Wildman–Crippen LogP) is 3.67. The second-order valence-corrected chi connectivity index (χ2v) is 7.12. The second kappa shape index (κ2) is 14.1. The van der Waals surface area contributed by atoms with Gasteiger partial charge in [0.05, 0.1) is 7.11 Å². The number of hydrogen-bond donors (Lipinski definition) is 2. The maximum atomic E-state index is 11.9. The average Bonchev–Trinajstić information content (AvgIpc) is 2.70. The minimum atomic E-state index is 0. The van der Waals surface area contributed by atoms with E-state index in [2.05, 4.69) is 41.6 Å². The molecular weight excluding hydrogens is 491 g/mol. The monoisotopic (exact) mass is 526 g/mol. The number of halogens is 1. The summed E-state index contributed by atoms with van der Waals surface area (Å²) in [5, 5.41) is 6.68. The molecule has 2 rings (SSSR count). The highest BCUT2D eigenvalue weighted by Gasteiger charge is 2.04. The quantitative estimate of drug-likeness (QED) is 0.215. The third-order valence-electron chi connectivity index (χ3n) is 4.79. The van der Waals surface area contributed by atoms with Crippen LogP contribution in [0.2, 0.25) is 0 Å². The fourth-order valence-corrected chi connectivity index (χ4v) is 3.24. The Hall–Kier alpha value is -2.03. The van der Waals surface area contributed by atoms with Crippen molar-refractivity contribution in [3.8, 4) is 5.75 Å². The van der Waals surface area contributed by atoms with Crippen LogP contribution in [0.15, 0.2) is 46.2 Å². The molecule has 0 spiro atoms. The van der Waals surface area contributed by atoms with E-state index in [1.54, 1.807) is 19.2 Å². The standard InChI is InChI=1S/C23H34N4O2.HI/c1-5-24-23(26-15-13-20-17-18(2)11-12-21(20)29-4)25-14-6-7-16-27-19(3)9-8-10-22(27)28;/h8-12,17H,5-7,13-16H2,1-4H3,(H2,24,25,26);1H. The number of unbranched alkanes of at least 4 members (excludes halogenated alkanes) is 1. The van der Waals surface area contributed by atoms with Gasteiger partial charge in [0, 0.05) is 37.9 Å². The number of aliphatic imine (C=N–C) groups is 1. The minimum absolute atomic E-state index is 0. The van der Waals surface area contributed by atoms with Gasteiger partial charge < -0.3 is 19.9 Å². The highest BCUT2D eigenvalue weighted by molar-refractivity contribution is 14.0. The Kier molecular flexibility index (Phi) is 12.2. The first-order chi connectivity index (χ1) is 14.0. The molecule has 166 valence electrons. The number of pyridine rings is 1. The molecule has 0 aliphatic rings. The lowest BCUT2D eigenvalue weighted by Gasteiger charge is -2.13. The van der Waals surface area contributed by atoms with Crippen LogP contribution in [-0.2, 0) is 13.0 Å². The zero-order valence-corrected chi connectivity index (χ0v) is 20.9. The number of rotatable bonds is 10. The molecule has 0 saturated heterocycles. The van der Waals surface area contributed by atoms with Gasteiger partial charge in [0.25, 0.3) is 5.56 Å². The van der Waals surface area contributed by atoms with Gasteiger partial charge in [-0.3, -0.25) is 9.79 Å². The van der Waals surface area contributed by atoms with Gasteiger partial charge in [0.2, 0.25) is 0 Å². The van der Waals surface area contributed by atoms with Crippen LogP contribution in [0.5, 0.6) is 5.75 Å². The van der Waals surface area contributed by atoms with Crippen LogP contribution in [-0.4, -0.2) is 37.3 Å². The van der Waals surface area contributed by atoms with E-state index in [-0.39, 0.29) is 29.5 Å². The maximum absolute atomic E-state index is 11.9. The van der Waals surface area contributed by atoms with Gasteiger partial charge in [-0.25, -0.2) is 0 Å². The van der Waals surface area contributed by atoms with Gasteiger partial charge in [-0.2, -0.15) is 0 Å². The van der Waals surface area contributed by atoms with E-state index < -0.39 is 0 Å². The van der Waals surface area contributed by atoms with Crippen LogP contribution in [0.1, 0.15) is 36.6 Å². The molecule has 2 aromatic rings. The molecular formula is C23H35IN4O2. The normalized spacial score (nSPS) is 11.0. The first-order valence-corrected chi connectivity index (χ1v) is 10.4. The number of nitrogens with one attached hydrogen (secondary N) is 2. The Labute approximate surface area is 197 Å². The number of hydrogen-bond acceptors (Lipinski definition) is 3. The molecule has 6 nitrogen and oxygen atoms in total. The second-order valence-electron chi connectivity index (χ2n) is 7.12. The zero-order chi connectivity index (χ0) is 21.1. The zero-order valence-electron chi connectivity index (χ0n) is 18.5. The first-order valence-electron chi connectivity index (χ1n) is 10.4. The molecule has 0 radical (unpaired) electrons. The SMILES string of the molecule is CCNC(=NCCCCn1c(C)cccc1=O)NCCc1cc(C)ccc1OC.I. The number of aromatic nitrogens is 1. The topological polar surface area (TPSA) is 67.7 Å². The molecule has 0 unspecified atom stereocenters. The summed E-state index contributed by atoms with van der Waals surface area (Å²) in [4.78, 5) is 16.6. The Morgan fingerprint density at radius 2 is 1.93 bits per heavy atom. The summed E-state index contributed by atoms with van der Waals surface area (Å²) in [6.45, 7) is 9.18. The van der Waals surface area contributed by atoms with Gasteiger partial charge in [-0.05, 0) is 57.7 Å². The van der Waals surface area contributed by atoms with E-state index in [9.17, 15) is 4.79 Å². The summed E-state index contributed by atoms with van der Waals surface area (Å²) >= 11 is 0. The van der Waals surface area contributed by atoms with E-state index >= 15 is 0 Å². The van der Waals surface area contributed by atoms with Crippen LogP contribution >= 0.6 is 24.0 Å². The van der Waals surface area contributed by atoms with Crippen molar-refractivity contribution >= 4 is 29.9 Å². The molecule has 1 aromatic heterocycles. The van der Waals surface area contributed by atoms with Crippen molar-refractivity contribution in [3.63, 3.8) is 0 Å². The molecule has 30 heavy (non-hydrogen) atoms. The molecule has 0 atom stereocenters. The molecule has 2 N–H and O–H groups in total. The van der Waals surface area contributed by atoms with Crippen molar-refractivity contribution in [2.75, 3.05) is 26.7 Å². The molecule has 0 amide bonds. The Morgan fingerprint density at radius 1 is 1.13 bits per heavy atom. The van der Waals surface area contributed by atoms with Crippen molar-refractivity contribution in [2.45, 2.75) is 46.6 Å². The van der Waals surface area contributed by atoms with Crippen LogP contribution in [0.4, 0.5) is 0 Å². The van der Waals surface area contributed by atoms with Crippen LogP contribution in [0.25, 0.3) is 0 Å². The third-order valence-corrected chi connectivity index (χ3v) is 4.79. The summed E-state index contributed by atoms with van der Waals surface area (Å²) in [5.41, 5.74) is 3.49. The number of nitrogens with zero attached hydrogens (tertiary/aromatic N) is 2. The molecule has 1 aromatic carbocycles. The Morgan fingerprint density at radius 3 is 2.63 bits per heavy atom. The lowest BCUT2D eigenvalue weighted by atomic mass is 10.1. The molecule has 7 heteroatoms. The number of methoxy groups -OCH3 is 1. The molecule has 0 aliphatic carbocycles. The summed E-state index contributed by atoms with van der Waals surface area (Å²) < 4.78 is 7.27. The van der Waals surface area contributed by atoms with E-state index in [4.69, 9.17) is 4.74 Å². The molecule has 0 bridgehead atoms. The van der Waals surface area contributed by atoms with E-state index in [0.29, 0.717) is 0 Å². The number of ether oxygens (including phenoxy) is 1. The summed E-state index contributed by atoms with van der Waals surface area (Å²) in [6, 6.07) is 11.6. The highest BCUT2D eigenvalue weighted by Crippen LogP contribution is 2.19. The summed E-state index contributed by atoms with van der Waals surface area (Å²) in [7, 11) is 1.71. The molecule has 0 saturated carbocycles. The largest absolute Gasteiger partial charge is 0.496 e. The van der Waals surface area contributed by atoms with Crippen molar-refractivity contribution in [1.82, 2.24) is 15.2 Å². The Bertz CT molecular complexity index is 865. The van der Waals surface area contributed by atoms with E-state index in [0.717, 1.165) is 62.8 Å². The smallest absolute Gasteiger partial charge is 0.250 e. The average molecular weight is 526 g/mol. The first kappa shape index (κ1) is 26.0. The van der Waals surface area contributed by atoms with Crippen LogP contribution in [0, 0.1) is 13.8 Å². The summed E-state index contributed by atoms with van der Waals surface area (Å²) in [6.07, 6.45) is 2.72. The van der Waals surface area contributed by atoms with Gasteiger partial charge in [0.15, 0.2) is 5.96 Å². The van der Waals surface area contributed by atoms with Gasteiger partial charge in [-0.15, -0.1) is 24.0 Å².